The molecule has 0 aliphatic carbocycles. The van der Waals surface area contributed by atoms with Gasteiger partial charge in [0.15, 0.2) is 0 Å². The maximum atomic E-state index is 12.5. The quantitative estimate of drug-likeness (QED) is 0.835. The van der Waals surface area contributed by atoms with Gasteiger partial charge in [-0.1, -0.05) is 28.1 Å². The number of likely N-dealkylation sites (tertiary alicyclic amines) is 1. The standard InChI is InChI=1S/C16H17BrN2O.ClH/c17-14-6-5-11-8-13(4-3-12(11)9-14)16(20)19-7-1-2-15(18)10-19;/h3-6,8-9,15H,1-2,7,10,18H2;1H. The van der Waals surface area contributed by atoms with Crippen LogP contribution in [0.1, 0.15) is 23.2 Å². The molecule has 5 heteroatoms. The lowest BCUT2D eigenvalue weighted by atomic mass is 10.0. The number of hydrogen-bond acceptors (Lipinski definition) is 2. The first-order valence-electron chi connectivity index (χ1n) is 6.88. The third kappa shape index (κ3) is 3.57. The zero-order valence-corrected chi connectivity index (χ0v) is 14.0. The fourth-order valence-electron chi connectivity index (χ4n) is 2.73. The second-order valence-corrected chi connectivity index (χ2v) is 6.28. The van der Waals surface area contributed by atoms with Gasteiger partial charge in [0.2, 0.25) is 0 Å². The first-order valence-corrected chi connectivity index (χ1v) is 7.67. The van der Waals surface area contributed by atoms with Crippen LogP contribution in [0.3, 0.4) is 0 Å². The third-order valence-corrected chi connectivity index (χ3v) is 4.29. The summed E-state index contributed by atoms with van der Waals surface area (Å²) in [4.78, 5) is 14.4. The Bertz CT molecular complexity index is 662. The van der Waals surface area contributed by atoms with Crippen LogP contribution in [-0.4, -0.2) is 29.9 Å². The summed E-state index contributed by atoms with van der Waals surface area (Å²) >= 11 is 3.46. The van der Waals surface area contributed by atoms with E-state index < -0.39 is 0 Å². The number of carbonyl (C=O) groups excluding carboxylic acids is 1. The Labute approximate surface area is 139 Å². The Kier molecular flexibility index (Phi) is 5.25. The number of hydrogen-bond donors (Lipinski definition) is 1. The van der Waals surface area contributed by atoms with E-state index in [4.69, 9.17) is 5.73 Å². The number of carbonyl (C=O) groups is 1. The first kappa shape index (κ1) is 16.3. The monoisotopic (exact) mass is 368 g/mol. The third-order valence-electron chi connectivity index (χ3n) is 3.79. The summed E-state index contributed by atoms with van der Waals surface area (Å²) < 4.78 is 1.05. The molecule has 0 aromatic heterocycles. The summed E-state index contributed by atoms with van der Waals surface area (Å²) in [7, 11) is 0. The smallest absolute Gasteiger partial charge is 0.253 e. The molecule has 0 radical (unpaired) electrons. The summed E-state index contributed by atoms with van der Waals surface area (Å²) in [5, 5.41) is 2.21. The fourth-order valence-corrected chi connectivity index (χ4v) is 3.11. The van der Waals surface area contributed by atoms with E-state index in [1.54, 1.807) is 0 Å². The molecule has 3 rings (SSSR count). The Morgan fingerprint density at radius 3 is 2.67 bits per heavy atom. The van der Waals surface area contributed by atoms with E-state index >= 15 is 0 Å². The van der Waals surface area contributed by atoms with Crippen molar-refractivity contribution in [2.75, 3.05) is 13.1 Å². The lowest BCUT2D eigenvalue weighted by Crippen LogP contribution is -2.45. The Morgan fingerprint density at radius 1 is 1.19 bits per heavy atom. The van der Waals surface area contributed by atoms with Gasteiger partial charge in [-0.2, -0.15) is 0 Å². The molecule has 1 amide bonds. The number of nitrogens with two attached hydrogens (primary N) is 1. The van der Waals surface area contributed by atoms with Gasteiger partial charge in [-0.25, -0.2) is 0 Å². The fraction of sp³-hybridized carbons (Fsp3) is 0.312. The van der Waals surface area contributed by atoms with E-state index in [1.807, 2.05) is 35.2 Å². The van der Waals surface area contributed by atoms with E-state index in [0.29, 0.717) is 6.54 Å². The zero-order valence-electron chi connectivity index (χ0n) is 11.6. The molecular formula is C16H18BrClN2O. The van der Waals surface area contributed by atoms with Crippen molar-refractivity contribution >= 4 is 45.0 Å². The van der Waals surface area contributed by atoms with Gasteiger partial charge in [-0.05, 0) is 47.9 Å². The molecule has 2 aromatic rings. The van der Waals surface area contributed by atoms with Gasteiger partial charge in [-0.15, -0.1) is 12.4 Å². The molecule has 1 saturated heterocycles. The van der Waals surface area contributed by atoms with Crippen LogP contribution in [0.2, 0.25) is 0 Å². The highest BCUT2D eigenvalue weighted by molar-refractivity contribution is 9.10. The van der Waals surface area contributed by atoms with Crippen LogP contribution in [0.5, 0.6) is 0 Å². The van der Waals surface area contributed by atoms with Crippen molar-refractivity contribution in [3.63, 3.8) is 0 Å². The average molecular weight is 370 g/mol. The number of nitrogens with zero attached hydrogens (tertiary/aromatic N) is 1. The topological polar surface area (TPSA) is 46.3 Å². The van der Waals surface area contributed by atoms with Crippen LogP contribution in [0.15, 0.2) is 40.9 Å². The largest absolute Gasteiger partial charge is 0.337 e. The molecule has 0 saturated carbocycles. The zero-order chi connectivity index (χ0) is 14.1. The van der Waals surface area contributed by atoms with Gasteiger partial charge in [0.25, 0.3) is 5.91 Å². The van der Waals surface area contributed by atoms with Crippen LogP contribution >= 0.6 is 28.3 Å². The minimum absolute atomic E-state index is 0. The highest BCUT2D eigenvalue weighted by Gasteiger charge is 2.22. The second-order valence-electron chi connectivity index (χ2n) is 5.36. The molecule has 1 atom stereocenters. The van der Waals surface area contributed by atoms with Crippen molar-refractivity contribution in [2.24, 2.45) is 5.73 Å². The molecule has 2 aromatic carbocycles. The molecule has 2 N–H and O–H groups in total. The van der Waals surface area contributed by atoms with Crippen molar-refractivity contribution in [3.8, 4) is 0 Å². The molecule has 21 heavy (non-hydrogen) atoms. The lowest BCUT2D eigenvalue weighted by molar-refractivity contribution is 0.0709. The van der Waals surface area contributed by atoms with E-state index in [1.165, 1.54) is 0 Å². The predicted octanol–water partition coefficient (Wildman–Crippen LogP) is 3.59. The lowest BCUT2D eigenvalue weighted by Gasteiger charge is -2.30. The van der Waals surface area contributed by atoms with Crippen molar-refractivity contribution in [1.82, 2.24) is 4.90 Å². The molecular weight excluding hydrogens is 352 g/mol. The molecule has 1 fully saturated rings. The van der Waals surface area contributed by atoms with Crippen LogP contribution in [0.25, 0.3) is 10.8 Å². The molecule has 1 aliphatic rings. The van der Waals surface area contributed by atoms with Crippen molar-refractivity contribution in [2.45, 2.75) is 18.9 Å². The van der Waals surface area contributed by atoms with E-state index in [9.17, 15) is 4.79 Å². The summed E-state index contributed by atoms with van der Waals surface area (Å²) in [6.45, 7) is 1.47. The maximum Gasteiger partial charge on any atom is 0.253 e. The molecule has 1 unspecified atom stereocenters. The maximum absolute atomic E-state index is 12.5. The number of benzene rings is 2. The van der Waals surface area contributed by atoms with Gasteiger partial charge in [0, 0.05) is 29.2 Å². The normalized spacial score (nSPS) is 18.4. The van der Waals surface area contributed by atoms with Gasteiger partial charge in [0.05, 0.1) is 0 Å². The summed E-state index contributed by atoms with van der Waals surface area (Å²) in [5.74, 6) is 0.0879. The molecule has 1 heterocycles. The average Bonchev–Trinajstić information content (AvgIpc) is 2.46. The predicted molar refractivity (Wildman–Crippen MR) is 92.0 cm³/mol. The van der Waals surface area contributed by atoms with Gasteiger partial charge < -0.3 is 10.6 Å². The SMILES string of the molecule is Cl.NC1CCCN(C(=O)c2ccc3cc(Br)ccc3c2)C1. The van der Waals surface area contributed by atoms with Crippen molar-refractivity contribution < 1.29 is 4.79 Å². The first-order chi connectivity index (χ1) is 9.63. The van der Waals surface area contributed by atoms with Crippen LogP contribution < -0.4 is 5.73 Å². The molecule has 0 bridgehead atoms. The van der Waals surface area contributed by atoms with E-state index in [-0.39, 0.29) is 24.4 Å². The van der Waals surface area contributed by atoms with Gasteiger partial charge in [-0.3, -0.25) is 4.79 Å². The summed E-state index contributed by atoms with van der Waals surface area (Å²) in [5.41, 5.74) is 6.69. The van der Waals surface area contributed by atoms with E-state index in [0.717, 1.165) is 40.2 Å². The van der Waals surface area contributed by atoms with Crippen molar-refractivity contribution in [1.29, 1.82) is 0 Å². The number of rotatable bonds is 1. The summed E-state index contributed by atoms with van der Waals surface area (Å²) in [6.07, 6.45) is 2.00. The van der Waals surface area contributed by atoms with Crippen molar-refractivity contribution in [3.05, 3.63) is 46.4 Å². The van der Waals surface area contributed by atoms with E-state index in [2.05, 4.69) is 22.0 Å². The number of amides is 1. The minimum Gasteiger partial charge on any atom is -0.337 e. The molecule has 3 nitrogen and oxygen atoms in total. The van der Waals surface area contributed by atoms with Gasteiger partial charge >= 0.3 is 0 Å². The molecule has 112 valence electrons. The number of piperidine rings is 1. The van der Waals surface area contributed by atoms with Crippen LogP contribution in [0.4, 0.5) is 0 Å². The van der Waals surface area contributed by atoms with Gasteiger partial charge in [0.1, 0.15) is 0 Å². The molecule has 1 aliphatic heterocycles. The summed E-state index contributed by atoms with van der Waals surface area (Å²) in [6, 6.07) is 12.1. The van der Waals surface area contributed by atoms with Crippen LogP contribution in [0, 0.1) is 0 Å². The highest BCUT2D eigenvalue weighted by atomic mass is 79.9. The highest BCUT2D eigenvalue weighted by Crippen LogP contribution is 2.22. The molecule has 0 spiro atoms. The Morgan fingerprint density at radius 2 is 1.90 bits per heavy atom. The minimum atomic E-state index is 0. The Hall–Kier alpha value is -1.10. The number of halogens is 2. The van der Waals surface area contributed by atoms with Crippen LogP contribution in [-0.2, 0) is 0 Å². The second kappa shape index (κ2) is 6.77. The Balaban J connectivity index is 0.00000161. The number of fused-ring (bicyclic) bond motifs is 1.